The van der Waals surface area contributed by atoms with Crippen molar-refractivity contribution in [3.8, 4) is 11.5 Å². The summed E-state index contributed by atoms with van der Waals surface area (Å²) in [6.45, 7) is 1.91. The molecule has 100 valence electrons. The summed E-state index contributed by atoms with van der Waals surface area (Å²) >= 11 is 6.08. The number of benzene rings is 1. The summed E-state index contributed by atoms with van der Waals surface area (Å²) in [5, 5.41) is 12.1. The lowest BCUT2D eigenvalue weighted by Crippen LogP contribution is -2.33. The molecule has 0 amide bonds. The fourth-order valence-electron chi connectivity index (χ4n) is 1.38. The molecule has 18 heavy (non-hydrogen) atoms. The average molecular weight is 274 g/mol. The predicted molar refractivity (Wildman–Crippen MR) is 68.5 cm³/mol. The molecule has 0 bridgehead atoms. The van der Waals surface area contributed by atoms with Crippen LogP contribution in [0.4, 0.5) is 0 Å². The molecule has 1 aromatic carbocycles. The third-order valence-corrected chi connectivity index (χ3v) is 2.87. The van der Waals surface area contributed by atoms with Crippen LogP contribution in [-0.4, -0.2) is 31.3 Å². The molecule has 0 radical (unpaired) electrons. The minimum Gasteiger partial charge on any atom is -0.493 e. The minimum absolute atomic E-state index is 0.340. The van der Waals surface area contributed by atoms with E-state index in [4.69, 9.17) is 26.2 Å². The van der Waals surface area contributed by atoms with Gasteiger partial charge in [0.25, 0.3) is 0 Å². The van der Waals surface area contributed by atoms with E-state index in [0.29, 0.717) is 23.1 Å². The van der Waals surface area contributed by atoms with Crippen LogP contribution in [0.25, 0.3) is 0 Å². The monoisotopic (exact) mass is 273 g/mol. The molecule has 0 heterocycles. The molecule has 6 heteroatoms. The first-order chi connectivity index (χ1) is 8.49. The Morgan fingerprint density at radius 1 is 1.39 bits per heavy atom. The molecule has 2 N–H and O–H groups in total. The molecule has 0 fully saturated rings. The number of hydrogen-bond acceptors (Lipinski definition) is 4. The lowest BCUT2D eigenvalue weighted by atomic mass is 10.2. The van der Waals surface area contributed by atoms with Gasteiger partial charge in [0.2, 0.25) is 0 Å². The van der Waals surface area contributed by atoms with E-state index in [1.807, 2.05) is 0 Å². The first kappa shape index (κ1) is 14.6. The van der Waals surface area contributed by atoms with Crippen LogP contribution in [0, 0.1) is 0 Å². The van der Waals surface area contributed by atoms with Gasteiger partial charge < -0.3 is 19.9 Å². The zero-order valence-electron chi connectivity index (χ0n) is 10.5. The summed E-state index contributed by atoms with van der Waals surface area (Å²) in [5.74, 6) is 0.186. The number of aliphatic carboxylic acids is 1. The Morgan fingerprint density at radius 3 is 2.44 bits per heavy atom. The zero-order chi connectivity index (χ0) is 13.7. The van der Waals surface area contributed by atoms with Gasteiger partial charge in [-0.25, -0.2) is 0 Å². The minimum atomic E-state index is -0.911. The van der Waals surface area contributed by atoms with Crippen molar-refractivity contribution in [3.05, 3.63) is 22.7 Å². The highest BCUT2D eigenvalue weighted by molar-refractivity contribution is 6.31. The van der Waals surface area contributed by atoms with E-state index in [1.54, 1.807) is 19.1 Å². The van der Waals surface area contributed by atoms with E-state index in [1.165, 1.54) is 14.2 Å². The zero-order valence-corrected chi connectivity index (χ0v) is 11.2. The number of rotatable bonds is 6. The number of hydrogen-bond donors (Lipinski definition) is 2. The van der Waals surface area contributed by atoms with Crippen molar-refractivity contribution in [1.29, 1.82) is 0 Å². The Kier molecular flexibility index (Phi) is 5.25. The maximum atomic E-state index is 10.7. The maximum absolute atomic E-state index is 10.7. The summed E-state index contributed by atoms with van der Waals surface area (Å²) in [6.07, 6.45) is 0. The molecule has 1 rings (SSSR count). The van der Waals surface area contributed by atoms with Crippen molar-refractivity contribution in [1.82, 2.24) is 5.32 Å². The van der Waals surface area contributed by atoms with E-state index in [-0.39, 0.29) is 0 Å². The number of nitrogens with one attached hydrogen (secondary N) is 1. The average Bonchev–Trinajstić information content (AvgIpc) is 2.36. The molecular formula is C12H16ClNO4. The van der Waals surface area contributed by atoms with Crippen LogP contribution in [0.3, 0.4) is 0 Å². The molecule has 0 saturated carbocycles. The Morgan fingerprint density at radius 2 is 1.94 bits per heavy atom. The Bertz CT molecular complexity index is 436. The topological polar surface area (TPSA) is 67.8 Å². The molecule has 0 aliphatic heterocycles. The number of ether oxygens (including phenoxy) is 2. The van der Waals surface area contributed by atoms with Gasteiger partial charge in [-0.1, -0.05) is 11.6 Å². The molecule has 0 aromatic heterocycles. The first-order valence-corrected chi connectivity index (χ1v) is 5.74. The fraction of sp³-hybridized carbons (Fsp3) is 0.417. The number of carboxylic acid groups (broad SMARTS) is 1. The molecule has 1 unspecified atom stereocenters. The number of carboxylic acids is 1. The lowest BCUT2D eigenvalue weighted by molar-refractivity contribution is -0.139. The van der Waals surface area contributed by atoms with Crippen molar-refractivity contribution >= 4 is 17.6 Å². The van der Waals surface area contributed by atoms with Gasteiger partial charge in [0, 0.05) is 17.6 Å². The van der Waals surface area contributed by atoms with Crippen molar-refractivity contribution in [2.45, 2.75) is 19.5 Å². The Hall–Kier alpha value is -1.46. The predicted octanol–water partition coefficient (Wildman–Crippen LogP) is 1.92. The Balaban J connectivity index is 2.86. The fourth-order valence-corrected chi connectivity index (χ4v) is 1.60. The summed E-state index contributed by atoms with van der Waals surface area (Å²) in [5.41, 5.74) is 0.752. The lowest BCUT2D eigenvalue weighted by Gasteiger charge is -2.13. The largest absolute Gasteiger partial charge is 0.493 e. The molecule has 0 spiro atoms. The van der Waals surface area contributed by atoms with Gasteiger partial charge >= 0.3 is 5.97 Å². The van der Waals surface area contributed by atoms with Crippen LogP contribution in [0.2, 0.25) is 5.02 Å². The van der Waals surface area contributed by atoms with Crippen LogP contribution < -0.4 is 14.8 Å². The first-order valence-electron chi connectivity index (χ1n) is 5.36. The molecule has 5 nitrogen and oxygen atoms in total. The van der Waals surface area contributed by atoms with Crippen molar-refractivity contribution in [3.63, 3.8) is 0 Å². The van der Waals surface area contributed by atoms with E-state index in [0.717, 1.165) is 5.56 Å². The van der Waals surface area contributed by atoms with Crippen molar-refractivity contribution < 1.29 is 19.4 Å². The van der Waals surface area contributed by atoms with Gasteiger partial charge in [0.15, 0.2) is 11.5 Å². The van der Waals surface area contributed by atoms with E-state index < -0.39 is 12.0 Å². The van der Waals surface area contributed by atoms with Crippen LogP contribution in [0.1, 0.15) is 12.5 Å². The number of halogens is 1. The summed E-state index contributed by atoms with van der Waals surface area (Å²) in [6, 6.07) is 2.72. The van der Waals surface area contributed by atoms with Gasteiger partial charge in [0.05, 0.1) is 14.2 Å². The van der Waals surface area contributed by atoms with Crippen molar-refractivity contribution in [2.75, 3.05) is 14.2 Å². The molecule has 0 aliphatic rings. The smallest absolute Gasteiger partial charge is 0.320 e. The van der Waals surface area contributed by atoms with E-state index in [2.05, 4.69) is 5.32 Å². The van der Waals surface area contributed by atoms with E-state index >= 15 is 0 Å². The standard InChI is InChI=1S/C12H16ClNO4/c1-7(12(15)16)14-6-8-4-10(17-2)11(18-3)5-9(8)13/h4-5,7,14H,6H2,1-3H3,(H,15,16). The molecule has 0 aliphatic carbocycles. The van der Waals surface area contributed by atoms with Crippen LogP contribution in [-0.2, 0) is 11.3 Å². The SMILES string of the molecule is COc1cc(Cl)c(CNC(C)C(=O)O)cc1OC. The van der Waals surface area contributed by atoms with E-state index in [9.17, 15) is 4.79 Å². The molecule has 1 aromatic rings. The van der Waals surface area contributed by atoms with Crippen LogP contribution >= 0.6 is 11.6 Å². The Labute approximate surface area is 111 Å². The second kappa shape index (κ2) is 6.47. The normalized spacial score (nSPS) is 12.0. The van der Waals surface area contributed by atoms with Gasteiger partial charge in [-0.05, 0) is 18.6 Å². The third kappa shape index (κ3) is 3.51. The maximum Gasteiger partial charge on any atom is 0.320 e. The molecule has 1 atom stereocenters. The van der Waals surface area contributed by atoms with Crippen molar-refractivity contribution in [2.24, 2.45) is 0 Å². The summed E-state index contributed by atoms with van der Waals surface area (Å²) in [4.78, 5) is 10.7. The third-order valence-electron chi connectivity index (χ3n) is 2.52. The van der Waals surface area contributed by atoms with Gasteiger partial charge in [0.1, 0.15) is 6.04 Å². The molecular weight excluding hydrogens is 258 g/mol. The highest BCUT2D eigenvalue weighted by Gasteiger charge is 2.13. The van der Waals surface area contributed by atoms with Crippen LogP contribution in [0.5, 0.6) is 11.5 Å². The number of carbonyl (C=O) groups is 1. The summed E-state index contributed by atoms with van der Waals surface area (Å²) < 4.78 is 10.3. The summed E-state index contributed by atoms with van der Waals surface area (Å²) in [7, 11) is 3.06. The number of methoxy groups -OCH3 is 2. The second-order valence-electron chi connectivity index (χ2n) is 3.74. The van der Waals surface area contributed by atoms with Gasteiger partial charge in [-0.2, -0.15) is 0 Å². The molecule has 0 saturated heterocycles. The van der Waals surface area contributed by atoms with Gasteiger partial charge in [-0.15, -0.1) is 0 Å². The highest BCUT2D eigenvalue weighted by Crippen LogP contribution is 2.32. The van der Waals surface area contributed by atoms with Gasteiger partial charge in [-0.3, -0.25) is 4.79 Å². The quantitative estimate of drug-likeness (QED) is 0.829. The second-order valence-corrected chi connectivity index (χ2v) is 4.15. The van der Waals surface area contributed by atoms with Crippen LogP contribution in [0.15, 0.2) is 12.1 Å². The highest BCUT2D eigenvalue weighted by atomic mass is 35.5.